The summed E-state index contributed by atoms with van der Waals surface area (Å²) >= 11 is 0. The molecule has 4 rings (SSSR count). The third-order valence-electron chi connectivity index (χ3n) is 5.14. The summed E-state index contributed by atoms with van der Waals surface area (Å²) in [4.78, 5) is 14.9. The number of aromatic amines is 1. The quantitative estimate of drug-likeness (QED) is 0.906. The molecule has 1 aliphatic heterocycles. The number of ether oxygens (including phenoxy) is 2. The molecule has 2 heterocycles. The van der Waals surface area contributed by atoms with Crippen molar-refractivity contribution >= 4 is 5.91 Å². The van der Waals surface area contributed by atoms with Gasteiger partial charge in [0.25, 0.3) is 5.91 Å². The monoisotopic (exact) mass is 341 g/mol. The second-order valence-electron chi connectivity index (χ2n) is 6.75. The molecular weight excluding hydrogens is 318 g/mol. The zero-order valence-corrected chi connectivity index (χ0v) is 14.6. The highest BCUT2D eigenvalue weighted by atomic mass is 16.5. The van der Waals surface area contributed by atoms with E-state index in [4.69, 9.17) is 9.47 Å². The molecule has 25 heavy (non-hydrogen) atoms. The van der Waals surface area contributed by atoms with Crippen molar-refractivity contribution < 1.29 is 14.3 Å². The van der Waals surface area contributed by atoms with E-state index in [1.54, 1.807) is 14.2 Å². The summed E-state index contributed by atoms with van der Waals surface area (Å²) in [6, 6.07) is 7.85. The normalized spacial score (nSPS) is 19.9. The van der Waals surface area contributed by atoms with Crippen LogP contribution in [0.5, 0.6) is 11.5 Å². The third-order valence-corrected chi connectivity index (χ3v) is 5.14. The molecule has 0 spiro atoms. The molecule has 1 aromatic carbocycles. The number of benzene rings is 1. The SMILES string of the molecule is COc1ccc([C@H]2CCCN2C(=O)c2cc(C3CC3)[nH]n2)cc1OC. The number of nitrogens with zero attached hydrogens (tertiary/aromatic N) is 2. The zero-order chi connectivity index (χ0) is 17.4. The van der Waals surface area contributed by atoms with E-state index in [-0.39, 0.29) is 11.9 Å². The van der Waals surface area contributed by atoms with Crippen molar-refractivity contribution in [1.29, 1.82) is 0 Å². The van der Waals surface area contributed by atoms with Crippen molar-refractivity contribution in [1.82, 2.24) is 15.1 Å². The lowest BCUT2D eigenvalue weighted by Gasteiger charge is -2.25. The summed E-state index contributed by atoms with van der Waals surface area (Å²) in [6.07, 6.45) is 4.31. The van der Waals surface area contributed by atoms with Crippen LogP contribution in [0.15, 0.2) is 24.3 Å². The Morgan fingerprint density at radius 2 is 1.96 bits per heavy atom. The first-order valence-electron chi connectivity index (χ1n) is 8.79. The Balaban J connectivity index is 1.58. The minimum Gasteiger partial charge on any atom is -0.493 e. The summed E-state index contributed by atoms with van der Waals surface area (Å²) in [7, 11) is 3.25. The van der Waals surface area contributed by atoms with Crippen LogP contribution < -0.4 is 9.47 Å². The van der Waals surface area contributed by atoms with Gasteiger partial charge >= 0.3 is 0 Å². The fourth-order valence-electron chi connectivity index (χ4n) is 3.61. The van der Waals surface area contributed by atoms with Crippen LogP contribution >= 0.6 is 0 Å². The number of hydrogen-bond acceptors (Lipinski definition) is 4. The van der Waals surface area contributed by atoms with Crippen LogP contribution in [0, 0.1) is 0 Å². The van der Waals surface area contributed by atoms with Gasteiger partial charge in [0, 0.05) is 18.2 Å². The number of methoxy groups -OCH3 is 2. The molecule has 1 aromatic heterocycles. The Labute approximate surface area is 147 Å². The Morgan fingerprint density at radius 1 is 1.16 bits per heavy atom. The maximum atomic E-state index is 13.0. The number of rotatable bonds is 5. The lowest BCUT2D eigenvalue weighted by molar-refractivity contribution is 0.0729. The lowest BCUT2D eigenvalue weighted by atomic mass is 10.0. The van der Waals surface area contributed by atoms with Gasteiger partial charge in [-0.1, -0.05) is 6.07 Å². The molecule has 0 radical (unpaired) electrons. The second-order valence-corrected chi connectivity index (χ2v) is 6.75. The predicted molar refractivity (Wildman–Crippen MR) is 93.1 cm³/mol. The van der Waals surface area contributed by atoms with E-state index >= 15 is 0 Å². The van der Waals surface area contributed by atoms with Crippen LogP contribution in [-0.2, 0) is 0 Å². The highest BCUT2D eigenvalue weighted by Gasteiger charge is 2.33. The smallest absolute Gasteiger partial charge is 0.274 e. The Bertz CT molecular complexity index is 782. The number of hydrogen-bond donors (Lipinski definition) is 1. The predicted octanol–water partition coefficient (Wildman–Crippen LogP) is 3.28. The van der Waals surface area contributed by atoms with Gasteiger partial charge in [-0.2, -0.15) is 5.10 Å². The Morgan fingerprint density at radius 3 is 2.68 bits per heavy atom. The highest BCUT2D eigenvalue weighted by molar-refractivity contribution is 5.93. The maximum Gasteiger partial charge on any atom is 0.274 e. The van der Waals surface area contributed by atoms with Crippen LogP contribution in [0.25, 0.3) is 0 Å². The standard InChI is InChI=1S/C19H23N3O3/c1-24-17-8-7-13(10-18(17)25-2)16-4-3-9-22(16)19(23)15-11-14(20-21-15)12-5-6-12/h7-8,10-12,16H,3-6,9H2,1-2H3,(H,20,21)/t16-/m1/s1. The molecule has 1 N–H and O–H groups in total. The molecule has 6 nitrogen and oxygen atoms in total. The number of H-pyrrole nitrogens is 1. The summed E-state index contributed by atoms with van der Waals surface area (Å²) < 4.78 is 10.7. The minimum absolute atomic E-state index is 0.000403. The molecule has 1 saturated carbocycles. The van der Waals surface area contributed by atoms with Gasteiger partial charge in [0.05, 0.1) is 20.3 Å². The molecule has 2 aliphatic rings. The fraction of sp³-hybridized carbons (Fsp3) is 0.474. The van der Waals surface area contributed by atoms with Crippen LogP contribution in [0.1, 0.15) is 59.4 Å². The van der Waals surface area contributed by atoms with E-state index in [2.05, 4.69) is 10.2 Å². The molecule has 2 fully saturated rings. The second kappa shape index (κ2) is 6.43. The van der Waals surface area contributed by atoms with Gasteiger partial charge in [-0.15, -0.1) is 0 Å². The average molecular weight is 341 g/mol. The van der Waals surface area contributed by atoms with Gasteiger partial charge in [0.1, 0.15) is 5.69 Å². The van der Waals surface area contributed by atoms with E-state index in [0.29, 0.717) is 23.1 Å². The zero-order valence-electron chi connectivity index (χ0n) is 14.6. The third kappa shape index (κ3) is 2.97. The first-order valence-corrected chi connectivity index (χ1v) is 8.79. The fourth-order valence-corrected chi connectivity index (χ4v) is 3.61. The Kier molecular flexibility index (Phi) is 4.11. The van der Waals surface area contributed by atoms with Gasteiger partial charge in [-0.05, 0) is 49.4 Å². The first kappa shape index (κ1) is 16.0. The van der Waals surface area contributed by atoms with Crippen LogP contribution in [0.4, 0.5) is 0 Å². The van der Waals surface area contributed by atoms with Crippen molar-refractivity contribution in [2.24, 2.45) is 0 Å². The highest BCUT2D eigenvalue weighted by Crippen LogP contribution is 2.40. The average Bonchev–Trinajstić information content (AvgIpc) is 3.19. The summed E-state index contributed by atoms with van der Waals surface area (Å²) in [5.41, 5.74) is 2.68. The van der Waals surface area contributed by atoms with Gasteiger partial charge in [0.15, 0.2) is 11.5 Å². The van der Waals surface area contributed by atoms with Crippen molar-refractivity contribution in [3.05, 3.63) is 41.2 Å². The number of amides is 1. The lowest BCUT2D eigenvalue weighted by Crippen LogP contribution is -2.30. The van der Waals surface area contributed by atoms with Gasteiger partial charge in [-0.3, -0.25) is 9.89 Å². The number of carbonyl (C=O) groups is 1. The van der Waals surface area contributed by atoms with E-state index < -0.39 is 0 Å². The van der Waals surface area contributed by atoms with Gasteiger partial charge < -0.3 is 14.4 Å². The summed E-state index contributed by atoms with van der Waals surface area (Å²) in [6.45, 7) is 0.753. The summed E-state index contributed by atoms with van der Waals surface area (Å²) in [5.74, 6) is 1.95. The molecule has 1 atom stereocenters. The van der Waals surface area contributed by atoms with Crippen LogP contribution in [0.3, 0.4) is 0 Å². The molecule has 1 amide bonds. The topological polar surface area (TPSA) is 67.5 Å². The van der Waals surface area contributed by atoms with Crippen LogP contribution in [0.2, 0.25) is 0 Å². The first-order chi connectivity index (χ1) is 12.2. The molecule has 1 aliphatic carbocycles. The van der Waals surface area contributed by atoms with Crippen molar-refractivity contribution in [3.8, 4) is 11.5 Å². The number of aromatic nitrogens is 2. The maximum absolute atomic E-state index is 13.0. The van der Waals surface area contributed by atoms with E-state index in [1.165, 1.54) is 12.8 Å². The largest absolute Gasteiger partial charge is 0.493 e. The molecule has 2 aromatic rings. The molecule has 6 heteroatoms. The van der Waals surface area contributed by atoms with E-state index in [9.17, 15) is 4.79 Å². The minimum atomic E-state index is 0.000403. The Hall–Kier alpha value is -2.50. The van der Waals surface area contributed by atoms with Crippen molar-refractivity contribution in [2.75, 3.05) is 20.8 Å². The molecule has 1 saturated heterocycles. The van der Waals surface area contributed by atoms with Crippen molar-refractivity contribution in [2.45, 2.75) is 37.6 Å². The molecule has 0 unspecified atom stereocenters. The molecule has 0 bridgehead atoms. The van der Waals surface area contributed by atoms with Gasteiger partial charge in [0.2, 0.25) is 0 Å². The van der Waals surface area contributed by atoms with Crippen molar-refractivity contribution in [3.63, 3.8) is 0 Å². The molecular formula is C19H23N3O3. The number of likely N-dealkylation sites (tertiary alicyclic amines) is 1. The number of carbonyl (C=O) groups excluding carboxylic acids is 1. The van der Waals surface area contributed by atoms with Crippen LogP contribution in [-0.4, -0.2) is 41.8 Å². The summed E-state index contributed by atoms with van der Waals surface area (Å²) in [5, 5.41) is 7.28. The van der Waals surface area contributed by atoms with E-state index in [1.807, 2.05) is 29.2 Å². The number of nitrogens with one attached hydrogen (secondary N) is 1. The van der Waals surface area contributed by atoms with E-state index in [0.717, 1.165) is 30.6 Å². The molecule has 132 valence electrons. The van der Waals surface area contributed by atoms with Gasteiger partial charge in [-0.25, -0.2) is 0 Å².